The summed E-state index contributed by atoms with van der Waals surface area (Å²) in [7, 11) is 0. The van der Waals surface area contributed by atoms with Gasteiger partial charge in [-0.2, -0.15) is 5.10 Å². The fourth-order valence-electron chi connectivity index (χ4n) is 6.72. The molecule has 13 heteroatoms. The van der Waals surface area contributed by atoms with Crippen molar-refractivity contribution in [1.82, 2.24) is 24.3 Å². The van der Waals surface area contributed by atoms with Gasteiger partial charge in [0.15, 0.2) is 0 Å². The van der Waals surface area contributed by atoms with Crippen molar-refractivity contribution >= 4 is 45.3 Å². The molecule has 2 aromatic carbocycles. The largest absolute Gasteiger partial charge is 0.478 e. The van der Waals surface area contributed by atoms with E-state index in [9.17, 15) is 24.2 Å². The van der Waals surface area contributed by atoms with Crippen LogP contribution in [-0.2, 0) is 22.3 Å². The third-order valence-electron chi connectivity index (χ3n) is 9.18. The summed E-state index contributed by atoms with van der Waals surface area (Å²) < 4.78 is 28.9. The molecule has 2 saturated heterocycles. The van der Waals surface area contributed by atoms with Gasteiger partial charge in [-0.15, -0.1) is 0 Å². The number of carboxylic acids is 2. The Labute approximate surface area is 290 Å². The molecule has 0 radical (unpaired) electrons. The lowest BCUT2D eigenvalue weighted by molar-refractivity contribution is 0.0684. The average Bonchev–Trinajstić information content (AvgIpc) is 3.93. The molecule has 2 aliphatic heterocycles. The van der Waals surface area contributed by atoms with Crippen LogP contribution in [0.4, 0.5) is 4.39 Å². The summed E-state index contributed by atoms with van der Waals surface area (Å²) in [5.41, 5.74) is 5.30. The molecule has 0 saturated carbocycles. The van der Waals surface area contributed by atoms with Crippen LogP contribution in [-0.4, -0.2) is 72.9 Å². The monoisotopic (exact) mass is 697 g/mol. The quantitative estimate of drug-likeness (QED) is 0.176. The maximum absolute atomic E-state index is 13.8. The van der Waals surface area contributed by atoms with E-state index in [1.807, 2.05) is 29.1 Å². The molecule has 50 heavy (non-hydrogen) atoms. The van der Waals surface area contributed by atoms with Crippen molar-refractivity contribution in [3.05, 3.63) is 124 Å². The van der Waals surface area contributed by atoms with Gasteiger partial charge in [-0.3, -0.25) is 14.6 Å². The molecule has 0 unspecified atom stereocenters. The first-order valence-electron chi connectivity index (χ1n) is 16.2. The highest BCUT2D eigenvalue weighted by Gasteiger charge is 2.24. The molecule has 2 atom stereocenters. The average molecular weight is 698 g/mol. The van der Waals surface area contributed by atoms with E-state index in [2.05, 4.69) is 14.5 Å². The van der Waals surface area contributed by atoms with Crippen LogP contribution in [0.5, 0.6) is 0 Å². The number of halogens is 2. The second kappa shape index (κ2) is 14.4. The van der Waals surface area contributed by atoms with E-state index in [0.717, 1.165) is 52.5 Å². The number of carboxylic acid groups (broad SMARTS) is 2. The van der Waals surface area contributed by atoms with Crippen molar-refractivity contribution < 1.29 is 33.7 Å². The minimum atomic E-state index is -0.989. The van der Waals surface area contributed by atoms with Gasteiger partial charge in [-0.05, 0) is 78.1 Å². The summed E-state index contributed by atoms with van der Waals surface area (Å²) in [5, 5.41) is 25.9. The van der Waals surface area contributed by atoms with Gasteiger partial charge < -0.3 is 24.3 Å². The van der Waals surface area contributed by atoms with Crippen LogP contribution >= 0.6 is 11.6 Å². The van der Waals surface area contributed by atoms with Crippen molar-refractivity contribution in [3.63, 3.8) is 0 Å². The third kappa shape index (κ3) is 6.82. The Morgan fingerprint density at radius 2 is 1.44 bits per heavy atom. The highest BCUT2D eigenvalue weighted by Crippen LogP contribution is 2.32. The number of fused-ring (bicyclic) bond motifs is 2. The fourth-order valence-corrected chi connectivity index (χ4v) is 6.89. The maximum Gasteiger partial charge on any atom is 0.336 e. The van der Waals surface area contributed by atoms with Gasteiger partial charge in [-0.1, -0.05) is 11.6 Å². The first kappa shape index (κ1) is 33.3. The Morgan fingerprint density at radius 3 is 2.08 bits per heavy atom. The Bertz CT molecular complexity index is 2050. The number of hydrogen-bond acceptors (Lipinski definition) is 7. The zero-order valence-electron chi connectivity index (χ0n) is 26.8. The van der Waals surface area contributed by atoms with Crippen molar-refractivity contribution in [2.45, 2.75) is 37.8 Å². The number of benzene rings is 2. The van der Waals surface area contributed by atoms with Gasteiger partial charge in [0.2, 0.25) is 0 Å². The van der Waals surface area contributed by atoms with Crippen LogP contribution in [0.2, 0.25) is 5.02 Å². The minimum absolute atomic E-state index is 0.185. The molecule has 6 heterocycles. The SMILES string of the molecule is O=C(O)c1ccncc1Cc1cn([C@H]2CCOC2)c2ccc(F)cc12.O=C(O)c1ccncc1Cc1nn([C@H]2CCOC2)c2ccc(Cl)cc12. The Balaban J connectivity index is 0.000000157. The summed E-state index contributed by atoms with van der Waals surface area (Å²) in [6, 6.07) is 13.8. The van der Waals surface area contributed by atoms with Crippen LogP contribution in [0.15, 0.2) is 79.5 Å². The molecule has 0 amide bonds. The second-order valence-corrected chi connectivity index (χ2v) is 12.8. The van der Waals surface area contributed by atoms with E-state index in [0.29, 0.717) is 48.8 Å². The van der Waals surface area contributed by atoms with Crippen molar-refractivity contribution in [2.75, 3.05) is 26.4 Å². The first-order valence-corrected chi connectivity index (χ1v) is 16.6. The number of rotatable bonds is 8. The zero-order valence-corrected chi connectivity index (χ0v) is 27.6. The number of hydrogen-bond donors (Lipinski definition) is 2. The van der Waals surface area contributed by atoms with Crippen LogP contribution in [0.25, 0.3) is 21.8 Å². The van der Waals surface area contributed by atoms with Crippen LogP contribution in [0.3, 0.4) is 0 Å². The smallest absolute Gasteiger partial charge is 0.336 e. The van der Waals surface area contributed by atoms with E-state index >= 15 is 0 Å². The molecule has 2 aliphatic rings. The highest BCUT2D eigenvalue weighted by molar-refractivity contribution is 6.31. The maximum atomic E-state index is 13.8. The molecule has 6 aromatic rings. The number of nitrogens with zero attached hydrogens (tertiary/aromatic N) is 5. The van der Waals surface area contributed by atoms with Gasteiger partial charge in [0, 0.05) is 78.4 Å². The summed E-state index contributed by atoms with van der Waals surface area (Å²) in [4.78, 5) is 31.0. The zero-order chi connectivity index (χ0) is 34.8. The summed E-state index contributed by atoms with van der Waals surface area (Å²) in [6.07, 6.45) is 10.7. The summed E-state index contributed by atoms with van der Waals surface area (Å²) in [5.74, 6) is -2.27. The third-order valence-corrected chi connectivity index (χ3v) is 9.41. The Morgan fingerprint density at radius 1 is 0.800 bits per heavy atom. The number of ether oxygens (including phenoxy) is 2. The van der Waals surface area contributed by atoms with Crippen molar-refractivity contribution in [1.29, 1.82) is 0 Å². The van der Waals surface area contributed by atoms with E-state index in [-0.39, 0.29) is 29.0 Å². The Hall–Kier alpha value is -5.17. The van der Waals surface area contributed by atoms with E-state index in [1.165, 1.54) is 36.7 Å². The predicted octanol–water partition coefficient (Wildman–Crippen LogP) is 6.76. The van der Waals surface area contributed by atoms with Crippen molar-refractivity contribution in [3.8, 4) is 0 Å². The lowest BCUT2D eigenvalue weighted by Gasteiger charge is -2.11. The van der Waals surface area contributed by atoms with E-state index in [4.69, 9.17) is 26.2 Å². The van der Waals surface area contributed by atoms with Crippen molar-refractivity contribution in [2.24, 2.45) is 0 Å². The topological polar surface area (TPSA) is 142 Å². The molecule has 0 spiro atoms. The number of pyridine rings is 2. The van der Waals surface area contributed by atoms with Gasteiger partial charge in [0.1, 0.15) is 5.82 Å². The van der Waals surface area contributed by atoms with Gasteiger partial charge >= 0.3 is 11.9 Å². The molecule has 256 valence electrons. The lowest BCUT2D eigenvalue weighted by atomic mass is 10.0. The number of aromatic carboxylic acids is 2. The standard InChI is InChI=1S/C19H17FN2O3.C18H16ClN3O3/c20-14-1-2-18-17(8-14)13(10-22(18)15-4-6-25-11-15)7-12-9-21-5-3-16(12)19(23)24;19-12-1-2-17-15(8-12)16(21-22(17)13-4-6-25-10-13)7-11-9-20-5-3-14(11)18(23)24/h1-3,5,8-10,15H,4,6-7,11H2,(H,23,24);1-3,5,8-9,13H,4,6-7,10H2,(H,23,24)/t15-;13-/m00/s1. The molecule has 2 N–H and O–H groups in total. The van der Waals surface area contributed by atoms with Gasteiger partial charge in [-0.25, -0.2) is 14.0 Å². The number of carbonyl (C=O) groups is 2. The highest BCUT2D eigenvalue weighted by atomic mass is 35.5. The lowest BCUT2D eigenvalue weighted by Crippen LogP contribution is -2.10. The molecule has 11 nitrogen and oxygen atoms in total. The molecule has 8 rings (SSSR count). The first-order chi connectivity index (χ1) is 24.3. The fraction of sp³-hybridized carbons (Fsp3) is 0.270. The van der Waals surface area contributed by atoms with Gasteiger partial charge in [0.05, 0.1) is 47.6 Å². The molecular formula is C37H33ClFN5O6. The molecule has 0 aliphatic carbocycles. The molecule has 4 aromatic heterocycles. The van der Waals surface area contributed by atoms with Crippen LogP contribution in [0, 0.1) is 5.82 Å². The van der Waals surface area contributed by atoms with E-state index < -0.39 is 11.9 Å². The Kier molecular flexibility index (Phi) is 9.57. The van der Waals surface area contributed by atoms with Crippen LogP contribution in [0.1, 0.15) is 68.0 Å². The summed E-state index contributed by atoms with van der Waals surface area (Å²) in [6.45, 7) is 2.70. The summed E-state index contributed by atoms with van der Waals surface area (Å²) >= 11 is 6.18. The normalized spacial score (nSPS) is 17.2. The minimum Gasteiger partial charge on any atom is -0.478 e. The predicted molar refractivity (Wildman–Crippen MR) is 184 cm³/mol. The number of aromatic nitrogens is 5. The molecular weight excluding hydrogens is 665 g/mol. The van der Waals surface area contributed by atoms with E-state index in [1.54, 1.807) is 18.5 Å². The van der Waals surface area contributed by atoms with Gasteiger partial charge in [0.25, 0.3) is 0 Å². The molecule has 0 bridgehead atoms. The van der Waals surface area contributed by atoms with Crippen LogP contribution < -0.4 is 0 Å². The molecule has 2 fully saturated rings. The second-order valence-electron chi connectivity index (χ2n) is 12.3.